The minimum atomic E-state index is -0.798. The van der Waals surface area contributed by atoms with Crippen molar-refractivity contribution < 1.29 is 14.7 Å². The minimum absolute atomic E-state index is 0.0566. The van der Waals surface area contributed by atoms with E-state index < -0.39 is 5.97 Å². The predicted molar refractivity (Wildman–Crippen MR) is 61.5 cm³/mol. The second-order valence-corrected chi connectivity index (χ2v) is 4.50. The number of aliphatic carboxylic acids is 1. The van der Waals surface area contributed by atoms with E-state index in [0.717, 1.165) is 0 Å². The molecule has 1 aliphatic carbocycles. The number of hydrogen-bond acceptors (Lipinski definition) is 4. The van der Waals surface area contributed by atoms with Gasteiger partial charge in [0.05, 0.1) is 18.7 Å². The number of carbonyl (C=O) groups is 2. The van der Waals surface area contributed by atoms with Crippen molar-refractivity contribution in [1.29, 1.82) is 0 Å². The largest absolute Gasteiger partial charge is 0.481 e. The van der Waals surface area contributed by atoms with Crippen molar-refractivity contribution in [3.05, 3.63) is 12.4 Å². The predicted octanol–water partition coefficient (Wildman–Crippen LogP) is -0.105. The molecule has 7 nitrogen and oxygen atoms in total. The summed E-state index contributed by atoms with van der Waals surface area (Å²) < 4.78 is 1.63. The maximum absolute atomic E-state index is 11.8. The van der Waals surface area contributed by atoms with Gasteiger partial charge in [0.25, 0.3) is 0 Å². The fraction of sp³-hybridized carbons (Fsp3) is 0.636. The first-order valence-corrected chi connectivity index (χ1v) is 6.01. The monoisotopic (exact) mass is 252 g/mol. The fourth-order valence-electron chi connectivity index (χ4n) is 2.23. The molecule has 2 rings (SSSR count). The third kappa shape index (κ3) is 3.06. The summed E-state index contributed by atoms with van der Waals surface area (Å²) in [6, 6.07) is 0. The van der Waals surface area contributed by atoms with Gasteiger partial charge in [-0.25, -0.2) is 0 Å². The van der Waals surface area contributed by atoms with E-state index in [2.05, 4.69) is 15.6 Å². The summed E-state index contributed by atoms with van der Waals surface area (Å²) in [7, 11) is 0. The highest BCUT2D eigenvalue weighted by atomic mass is 16.4. The van der Waals surface area contributed by atoms with Crippen LogP contribution in [-0.4, -0.2) is 38.5 Å². The minimum Gasteiger partial charge on any atom is -0.481 e. The molecule has 1 heterocycles. The topological polar surface area (TPSA) is 97.1 Å². The summed E-state index contributed by atoms with van der Waals surface area (Å²) in [5.74, 6) is -1.38. The Morgan fingerprint density at radius 1 is 1.39 bits per heavy atom. The van der Waals surface area contributed by atoms with E-state index in [1.165, 1.54) is 0 Å². The van der Waals surface area contributed by atoms with Crippen molar-refractivity contribution in [1.82, 2.24) is 20.3 Å². The van der Waals surface area contributed by atoms with Crippen molar-refractivity contribution in [3.63, 3.8) is 0 Å². The van der Waals surface area contributed by atoms with Gasteiger partial charge in [0.15, 0.2) is 0 Å². The zero-order valence-electron chi connectivity index (χ0n) is 9.95. The zero-order valence-corrected chi connectivity index (χ0v) is 9.95. The lowest BCUT2D eigenvalue weighted by atomic mass is 10.0. The van der Waals surface area contributed by atoms with Gasteiger partial charge in [-0.3, -0.25) is 14.3 Å². The third-order valence-electron chi connectivity index (χ3n) is 3.26. The molecule has 2 N–H and O–H groups in total. The van der Waals surface area contributed by atoms with Crippen molar-refractivity contribution >= 4 is 11.9 Å². The molecule has 1 fully saturated rings. The second-order valence-electron chi connectivity index (χ2n) is 4.50. The molecule has 0 aliphatic heterocycles. The number of carbonyl (C=O) groups excluding carboxylic acids is 1. The Balaban J connectivity index is 1.71. The Labute approximate surface area is 104 Å². The number of carboxylic acids is 1. The van der Waals surface area contributed by atoms with Gasteiger partial charge in [0.1, 0.15) is 0 Å². The Hall–Kier alpha value is -1.92. The molecular weight excluding hydrogens is 236 g/mol. The summed E-state index contributed by atoms with van der Waals surface area (Å²) in [4.78, 5) is 22.6. The molecule has 0 aromatic carbocycles. The summed E-state index contributed by atoms with van der Waals surface area (Å²) in [5, 5.41) is 19.1. The van der Waals surface area contributed by atoms with Crippen LogP contribution in [0, 0.1) is 11.8 Å². The Kier molecular flexibility index (Phi) is 3.91. The van der Waals surface area contributed by atoms with E-state index in [0.29, 0.717) is 32.4 Å². The number of aromatic nitrogens is 3. The van der Waals surface area contributed by atoms with Gasteiger partial charge in [-0.15, -0.1) is 5.10 Å². The Morgan fingerprint density at radius 3 is 2.78 bits per heavy atom. The van der Waals surface area contributed by atoms with Gasteiger partial charge in [-0.1, -0.05) is 5.21 Å². The quantitative estimate of drug-likeness (QED) is 0.762. The average molecular weight is 252 g/mol. The summed E-state index contributed by atoms with van der Waals surface area (Å²) >= 11 is 0. The standard InChI is InChI=1S/C11H16N4O3/c16-10(8-1-2-9(7-8)11(17)18)12-3-5-15-6-4-13-14-15/h4,6,8-9H,1-3,5,7H2,(H,12,16)(H,17,18). The summed E-state index contributed by atoms with van der Waals surface area (Å²) in [6.07, 6.45) is 5.01. The maximum Gasteiger partial charge on any atom is 0.306 e. The van der Waals surface area contributed by atoms with Crippen molar-refractivity contribution in [2.24, 2.45) is 11.8 Å². The molecule has 0 saturated heterocycles. The van der Waals surface area contributed by atoms with Crippen LogP contribution in [-0.2, 0) is 16.1 Å². The number of rotatable bonds is 5. The second kappa shape index (κ2) is 5.61. The molecule has 1 aromatic rings. The number of amides is 1. The Bertz CT molecular complexity index is 418. The van der Waals surface area contributed by atoms with Gasteiger partial charge in [-0.2, -0.15) is 0 Å². The number of carboxylic acid groups (broad SMARTS) is 1. The van der Waals surface area contributed by atoms with Gasteiger partial charge < -0.3 is 10.4 Å². The van der Waals surface area contributed by atoms with Gasteiger partial charge in [0, 0.05) is 18.7 Å². The van der Waals surface area contributed by atoms with E-state index in [4.69, 9.17) is 5.11 Å². The van der Waals surface area contributed by atoms with Crippen LogP contribution in [0.4, 0.5) is 0 Å². The van der Waals surface area contributed by atoms with Crippen LogP contribution < -0.4 is 5.32 Å². The van der Waals surface area contributed by atoms with Crippen LogP contribution in [0.1, 0.15) is 19.3 Å². The summed E-state index contributed by atoms with van der Waals surface area (Å²) in [6.45, 7) is 1.05. The molecule has 2 unspecified atom stereocenters. The molecule has 0 bridgehead atoms. The first kappa shape index (κ1) is 12.5. The number of nitrogens with zero attached hydrogens (tertiary/aromatic N) is 3. The van der Waals surface area contributed by atoms with Crippen LogP contribution in [0.15, 0.2) is 12.4 Å². The lowest BCUT2D eigenvalue weighted by molar-refractivity contribution is -0.141. The molecule has 1 aliphatic rings. The normalized spacial score (nSPS) is 22.9. The van der Waals surface area contributed by atoms with Gasteiger partial charge in [0.2, 0.25) is 5.91 Å². The molecule has 2 atom stereocenters. The molecule has 0 radical (unpaired) electrons. The van der Waals surface area contributed by atoms with Gasteiger partial charge >= 0.3 is 5.97 Å². The molecule has 0 spiro atoms. The number of hydrogen-bond donors (Lipinski definition) is 2. The zero-order chi connectivity index (χ0) is 13.0. The smallest absolute Gasteiger partial charge is 0.306 e. The van der Waals surface area contributed by atoms with E-state index in [-0.39, 0.29) is 17.7 Å². The van der Waals surface area contributed by atoms with Crippen LogP contribution in [0.2, 0.25) is 0 Å². The van der Waals surface area contributed by atoms with E-state index in [1.807, 2.05) is 0 Å². The van der Waals surface area contributed by atoms with Crippen LogP contribution in [0.3, 0.4) is 0 Å². The lowest BCUT2D eigenvalue weighted by Crippen LogP contribution is -2.32. The molecular formula is C11H16N4O3. The molecule has 1 saturated carbocycles. The summed E-state index contributed by atoms with van der Waals surface area (Å²) in [5.41, 5.74) is 0. The third-order valence-corrected chi connectivity index (χ3v) is 3.26. The van der Waals surface area contributed by atoms with Crippen molar-refractivity contribution in [2.75, 3.05) is 6.54 Å². The van der Waals surface area contributed by atoms with Crippen LogP contribution in [0.5, 0.6) is 0 Å². The van der Waals surface area contributed by atoms with E-state index in [1.54, 1.807) is 17.1 Å². The molecule has 98 valence electrons. The fourth-order valence-corrected chi connectivity index (χ4v) is 2.23. The van der Waals surface area contributed by atoms with Gasteiger partial charge in [-0.05, 0) is 19.3 Å². The molecule has 1 amide bonds. The molecule has 1 aromatic heterocycles. The number of nitrogens with one attached hydrogen (secondary N) is 1. The van der Waals surface area contributed by atoms with Crippen molar-refractivity contribution in [2.45, 2.75) is 25.8 Å². The highest BCUT2D eigenvalue weighted by molar-refractivity contribution is 5.80. The molecule has 18 heavy (non-hydrogen) atoms. The van der Waals surface area contributed by atoms with Crippen LogP contribution in [0.25, 0.3) is 0 Å². The van der Waals surface area contributed by atoms with E-state index in [9.17, 15) is 9.59 Å². The first-order chi connectivity index (χ1) is 8.66. The molecule has 7 heteroatoms. The van der Waals surface area contributed by atoms with Crippen molar-refractivity contribution in [3.8, 4) is 0 Å². The van der Waals surface area contributed by atoms with E-state index >= 15 is 0 Å². The first-order valence-electron chi connectivity index (χ1n) is 6.01. The Morgan fingerprint density at radius 2 is 2.17 bits per heavy atom. The average Bonchev–Trinajstić information content (AvgIpc) is 2.99. The van der Waals surface area contributed by atoms with Crippen LogP contribution >= 0.6 is 0 Å². The highest BCUT2D eigenvalue weighted by Crippen LogP contribution is 2.30. The highest BCUT2D eigenvalue weighted by Gasteiger charge is 2.33. The SMILES string of the molecule is O=C(O)C1CCC(C(=O)NCCn2ccnn2)C1. The maximum atomic E-state index is 11.8. The lowest BCUT2D eigenvalue weighted by Gasteiger charge is -2.10.